The van der Waals surface area contributed by atoms with Crippen LogP contribution in [0.25, 0.3) is 16.7 Å². The Morgan fingerprint density at radius 1 is 0.618 bits per heavy atom. The lowest BCUT2D eigenvalue weighted by molar-refractivity contribution is 0.195. The zero-order valence-corrected chi connectivity index (χ0v) is 19.6. The Labute approximate surface area is 202 Å². The van der Waals surface area contributed by atoms with E-state index in [0.717, 1.165) is 38.5 Å². The second-order valence-corrected chi connectivity index (χ2v) is 10.2. The minimum Gasteiger partial charge on any atom is -0.395 e. The fourth-order valence-corrected chi connectivity index (χ4v) is 7.04. The molecule has 1 atom stereocenters. The molecule has 3 aromatic carbocycles. The van der Waals surface area contributed by atoms with E-state index >= 15 is 0 Å². The van der Waals surface area contributed by atoms with Crippen LogP contribution in [0, 0.1) is 0 Å². The Balaban J connectivity index is 1.28. The van der Waals surface area contributed by atoms with Gasteiger partial charge in [0.15, 0.2) is 0 Å². The Hall–Kier alpha value is -2.94. The van der Waals surface area contributed by atoms with Gasteiger partial charge in [-0.05, 0) is 70.2 Å². The summed E-state index contributed by atoms with van der Waals surface area (Å²) in [6.45, 7) is 0.280. The maximum atomic E-state index is 10.8. The molecular weight excluding hydrogens is 416 g/mol. The van der Waals surface area contributed by atoms with Crippen molar-refractivity contribution in [3.63, 3.8) is 0 Å². The van der Waals surface area contributed by atoms with Gasteiger partial charge >= 0.3 is 0 Å². The van der Waals surface area contributed by atoms with Crippen molar-refractivity contribution in [2.24, 2.45) is 0 Å². The van der Waals surface area contributed by atoms with Crippen molar-refractivity contribution in [2.75, 3.05) is 13.2 Å². The van der Waals surface area contributed by atoms with Gasteiger partial charge in [-0.1, -0.05) is 97.8 Å². The SMILES string of the molecule is OCC1(CCCCC2(CO)c3ccccc3-c3ccccc32)C2=C(C=CCC2)c2ccccc21. The first-order valence-electron chi connectivity index (χ1n) is 12.7. The lowest BCUT2D eigenvalue weighted by atomic mass is 9.70. The minimum absolute atomic E-state index is 0.120. The number of allylic oxidation sites excluding steroid dienone is 3. The predicted octanol–water partition coefficient (Wildman–Crippen LogP) is 6.55. The van der Waals surface area contributed by atoms with E-state index < -0.39 is 0 Å². The van der Waals surface area contributed by atoms with Crippen LogP contribution in [0.4, 0.5) is 0 Å². The fourth-order valence-electron chi connectivity index (χ4n) is 7.04. The molecule has 0 saturated heterocycles. The molecule has 0 aliphatic heterocycles. The Kier molecular flexibility index (Phi) is 5.32. The predicted molar refractivity (Wildman–Crippen MR) is 139 cm³/mol. The molecule has 1 unspecified atom stereocenters. The van der Waals surface area contributed by atoms with E-state index in [9.17, 15) is 10.2 Å². The van der Waals surface area contributed by atoms with Crippen LogP contribution in [0.1, 0.15) is 60.8 Å². The van der Waals surface area contributed by atoms with Crippen LogP contribution in [0.5, 0.6) is 0 Å². The third-order valence-electron chi connectivity index (χ3n) is 8.65. The molecule has 3 aromatic rings. The summed E-state index contributed by atoms with van der Waals surface area (Å²) in [5.41, 5.74) is 9.76. The molecule has 2 N–H and O–H groups in total. The lowest BCUT2D eigenvalue weighted by Crippen LogP contribution is -2.32. The second-order valence-electron chi connectivity index (χ2n) is 10.2. The average Bonchev–Trinajstić information content (AvgIpc) is 3.35. The zero-order chi connectivity index (χ0) is 23.2. The van der Waals surface area contributed by atoms with Gasteiger partial charge in [-0.15, -0.1) is 0 Å². The van der Waals surface area contributed by atoms with Crippen LogP contribution in [0.3, 0.4) is 0 Å². The van der Waals surface area contributed by atoms with E-state index in [-0.39, 0.29) is 24.0 Å². The summed E-state index contributed by atoms with van der Waals surface area (Å²) in [6, 6.07) is 25.8. The molecule has 0 fully saturated rings. The van der Waals surface area contributed by atoms with Crippen molar-refractivity contribution in [2.45, 2.75) is 49.4 Å². The van der Waals surface area contributed by atoms with Crippen LogP contribution >= 0.6 is 0 Å². The number of aliphatic hydroxyl groups excluding tert-OH is 2. The number of benzene rings is 3. The topological polar surface area (TPSA) is 40.5 Å². The number of hydrogen-bond donors (Lipinski definition) is 2. The lowest BCUT2D eigenvalue weighted by Gasteiger charge is -2.34. The summed E-state index contributed by atoms with van der Waals surface area (Å²) in [4.78, 5) is 0. The maximum absolute atomic E-state index is 10.8. The van der Waals surface area contributed by atoms with E-state index in [0.29, 0.717) is 0 Å². The molecule has 34 heavy (non-hydrogen) atoms. The van der Waals surface area contributed by atoms with Gasteiger partial charge in [0.25, 0.3) is 0 Å². The average molecular weight is 449 g/mol. The number of fused-ring (bicyclic) bond motifs is 5. The van der Waals surface area contributed by atoms with Gasteiger partial charge in [-0.2, -0.15) is 0 Å². The van der Waals surface area contributed by atoms with Crippen LogP contribution in [-0.4, -0.2) is 23.4 Å². The van der Waals surface area contributed by atoms with Gasteiger partial charge in [0, 0.05) is 10.8 Å². The smallest absolute Gasteiger partial charge is 0.0569 e. The Morgan fingerprint density at radius 3 is 1.71 bits per heavy atom. The number of rotatable bonds is 7. The molecule has 2 heteroatoms. The molecule has 0 saturated carbocycles. The molecule has 0 heterocycles. The summed E-state index contributed by atoms with van der Waals surface area (Å²) < 4.78 is 0. The third-order valence-corrected chi connectivity index (χ3v) is 8.65. The van der Waals surface area contributed by atoms with E-state index in [4.69, 9.17) is 0 Å². The van der Waals surface area contributed by atoms with Crippen molar-refractivity contribution in [1.29, 1.82) is 0 Å². The molecule has 0 aromatic heterocycles. The van der Waals surface area contributed by atoms with Crippen molar-refractivity contribution >= 4 is 5.57 Å². The Morgan fingerprint density at radius 2 is 1.12 bits per heavy atom. The van der Waals surface area contributed by atoms with E-state index in [1.54, 1.807) is 0 Å². The van der Waals surface area contributed by atoms with Crippen LogP contribution in [0.2, 0.25) is 0 Å². The highest BCUT2D eigenvalue weighted by atomic mass is 16.3. The fraction of sp³-hybridized carbons (Fsp3) is 0.312. The van der Waals surface area contributed by atoms with Gasteiger partial charge in [0.1, 0.15) is 0 Å². The first kappa shape index (κ1) is 21.6. The van der Waals surface area contributed by atoms with Crippen LogP contribution < -0.4 is 0 Å². The number of hydrogen-bond acceptors (Lipinski definition) is 2. The highest BCUT2D eigenvalue weighted by Crippen LogP contribution is 2.54. The molecular formula is C32H32O2. The second kappa shape index (κ2) is 8.37. The molecule has 2 nitrogen and oxygen atoms in total. The van der Waals surface area contributed by atoms with Gasteiger partial charge in [-0.3, -0.25) is 0 Å². The summed E-state index contributed by atoms with van der Waals surface area (Å²) in [6.07, 6.45) is 10.5. The molecule has 3 aliphatic rings. The van der Waals surface area contributed by atoms with E-state index in [2.05, 4.69) is 84.9 Å². The quantitative estimate of drug-likeness (QED) is 0.402. The molecule has 172 valence electrons. The first-order valence-corrected chi connectivity index (χ1v) is 12.7. The van der Waals surface area contributed by atoms with E-state index in [1.807, 2.05) is 0 Å². The summed E-state index contributed by atoms with van der Waals surface area (Å²) in [7, 11) is 0. The minimum atomic E-state index is -0.342. The van der Waals surface area contributed by atoms with E-state index in [1.165, 1.54) is 44.5 Å². The summed E-state index contributed by atoms with van der Waals surface area (Å²) in [5.74, 6) is 0. The van der Waals surface area contributed by atoms with Gasteiger partial charge in [-0.25, -0.2) is 0 Å². The van der Waals surface area contributed by atoms with Crippen molar-refractivity contribution < 1.29 is 10.2 Å². The largest absolute Gasteiger partial charge is 0.395 e. The molecule has 0 amide bonds. The van der Waals surface area contributed by atoms with Crippen LogP contribution in [0.15, 0.2) is 90.5 Å². The first-order chi connectivity index (χ1) is 16.7. The van der Waals surface area contributed by atoms with Crippen molar-refractivity contribution in [3.8, 4) is 11.1 Å². The van der Waals surface area contributed by atoms with Gasteiger partial charge in [0.05, 0.1) is 13.2 Å². The van der Waals surface area contributed by atoms with Crippen molar-refractivity contribution in [3.05, 3.63) is 113 Å². The third kappa shape index (κ3) is 2.95. The molecule has 3 aliphatic carbocycles. The maximum Gasteiger partial charge on any atom is 0.0569 e. The van der Waals surface area contributed by atoms with Gasteiger partial charge in [0.2, 0.25) is 0 Å². The van der Waals surface area contributed by atoms with Crippen LogP contribution in [-0.2, 0) is 10.8 Å². The number of unbranched alkanes of at least 4 members (excludes halogenated alkanes) is 1. The molecule has 6 rings (SSSR count). The van der Waals surface area contributed by atoms with Crippen molar-refractivity contribution in [1.82, 2.24) is 0 Å². The summed E-state index contributed by atoms with van der Waals surface area (Å²) in [5, 5.41) is 21.5. The highest BCUT2D eigenvalue weighted by Gasteiger charge is 2.45. The standard InChI is InChI=1S/C32H32O2/c33-21-31(27-15-5-1-11-23(27)24-12-2-6-16-28(24)31)19-9-10-20-32(22-34)29-17-7-3-13-25(29)26-14-4-8-18-30(26)32/h1-7,11-17,33-34H,8-10,18-22H2. The summed E-state index contributed by atoms with van der Waals surface area (Å²) >= 11 is 0. The zero-order valence-electron chi connectivity index (χ0n) is 19.6. The normalized spacial score (nSPS) is 21.2. The molecule has 0 spiro atoms. The molecule has 0 bridgehead atoms. The monoisotopic (exact) mass is 448 g/mol. The van der Waals surface area contributed by atoms with Gasteiger partial charge < -0.3 is 10.2 Å². The molecule has 0 radical (unpaired) electrons. The Bertz CT molecular complexity index is 1250. The highest BCUT2D eigenvalue weighted by molar-refractivity contribution is 5.87. The number of aliphatic hydroxyl groups is 2.